The van der Waals surface area contributed by atoms with E-state index in [1.54, 1.807) is 12.1 Å². The highest BCUT2D eigenvalue weighted by molar-refractivity contribution is 5.99. The maximum absolute atomic E-state index is 13.0. The molecule has 0 aromatic heterocycles. The van der Waals surface area contributed by atoms with Crippen molar-refractivity contribution in [2.75, 3.05) is 5.32 Å². The van der Waals surface area contributed by atoms with Gasteiger partial charge in [0.25, 0.3) is 0 Å². The number of benzene rings is 1. The van der Waals surface area contributed by atoms with Crippen LogP contribution in [0.2, 0.25) is 0 Å². The van der Waals surface area contributed by atoms with Crippen LogP contribution in [0.4, 0.5) is 5.69 Å². The summed E-state index contributed by atoms with van der Waals surface area (Å²) in [5.41, 5.74) is 8.66. The molecule has 0 saturated carbocycles. The molecule has 1 atom stereocenters. The first-order valence-corrected chi connectivity index (χ1v) is 16.5. The number of nitrogens with two attached hydrogens (primary N) is 1. The van der Waals surface area contributed by atoms with Crippen LogP contribution in [0.1, 0.15) is 123 Å². The minimum absolute atomic E-state index is 0.0688. The highest BCUT2D eigenvalue weighted by atomic mass is 16.2. The molecule has 2 rings (SSSR count). The summed E-state index contributed by atoms with van der Waals surface area (Å²) in [6.45, 7) is 6.46. The zero-order valence-electron chi connectivity index (χ0n) is 27.4. The number of hydrogen-bond acceptors (Lipinski definition) is 5. The van der Waals surface area contributed by atoms with E-state index in [-0.39, 0.29) is 23.3 Å². The largest absolute Gasteiger partial charge is 0.370 e. The molecule has 8 nitrogen and oxygen atoms in total. The number of anilines is 1. The van der Waals surface area contributed by atoms with Crippen molar-refractivity contribution in [1.82, 2.24) is 5.32 Å². The third kappa shape index (κ3) is 14.9. The minimum atomic E-state index is -1.04. The van der Waals surface area contributed by atoms with Gasteiger partial charge >= 0.3 is 0 Å². The highest BCUT2D eigenvalue weighted by Crippen LogP contribution is 2.39. The zero-order chi connectivity index (χ0) is 33.1. The minimum Gasteiger partial charge on any atom is -0.370 e. The predicted octanol–water partition coefficient (Wildman–Crippen LogP) is 7.79. The second-order valence-electron chi connectivity index (χ2n) is 12.9. The van der Waals surface area contributed by atoms with Crippen molar-refractivity contribution in [3.8, 4) is 12.1 Å². The van der Waals surface area contributed by atoms with E-state index in [4.69, 9.17) is 5.73 Å². The average Bonchev–Trinajstić information content (AvgIpc) is 2.99. The van der Waals surface area contributed by atoms with Crippen molar-refractivity contribution in [2.24, 2.45) is 11.1 Å². The van der Waals surface area contributed by atoms with Gasteiger partial charge in [-0.05, 0) is 53.5 Å². The molecule has 8 heteroatoms. The smallest absolute Gasteiger partial charge is 0.247 e. The Morgan fingerprint density at radius 3 is 2.02 bits per heavy atom. The maximum atomic E-state index is 13.0. The van der Waals surface area contributed by atoms with Crippen LogP contribution in [0.25, 0.3) is 6.08 Å². The van der Waals surface area contributed by atoms with E-state index in [1.165, 1.54) is 51.4 Å². The van der Waals surface area contributed by atoms with Crippen molar-refractivity contribution in [1.29, 1.82) is 10.5 Å². The van der Waals surface area contributed by atoms with Gasteiger partial charge in [-0.3, -0.25) is 14.4 Å². The number of rotatable bonds is 19. The summed E-state index contributed by atoms with van der Waals surface area (Å²) in [5, 5.41) is 24.1. The molecule has 0 bridgehead atoms. The molecule has 3 amide bonds. The molecule has 0 radical (unpaired) electrons. The van der Waals surface area contributed by atoms with E-state index in [1.807, 2.05) is 42.5 Å². The molecule has 0 saturated heterocycles. The maximum Gasteiger partial charge on any atom is 0.247 e. The van der Waals surface area contributed by atoms with Crippen LogP contribution in [0.3, 0.4) is 0 Å². The van der Waals surface area contributed by atoms with Crippen LogP contribution >= 0.6 is 0 Å². The van der Waals surface area contributed by atoms with Gasteiger partial charge in [-0.2, -0.15) is 10.5 Å². The van der Waals surface area contributed by atoms with Crippen LogP contribution in [-0.2, 0) is 14.4 Å². The molecule has 1 aliphatic rings. The van der Waals surface area contributed by atoms with Crippen molar-refractivity contribution in [3.63, 3.8) is 0 Å². The van der Waals surface area contributed by atoms with Gasteiger partial charge in [0.05, 0.1) is 6.42 Å². The molecule has 1 aliphatic carbocycles. The summed E-state index contributed by atoms with van der Waals surface area (Å²) < 4.78 is 0. The Kier molecular flexibility index (Phi) is 16.4. The van der Waals surface area contributed by atoms with Gasteiger partial charge in [0.2, 0.25) is 17.7 Å². The number of primary amides is 1. The van der Waals surface area contributed by atoms with Crippen LogP contribution in [-0.4, -0.2) is 23.8 Å². The quantitative estimate of drug-likeness (QED) is 0.108. The molecular weight excluding hydrogens is 562 g/mol. The third-order valence-corrected chi connectivity index (χ3v) is 7.99. The number of carbonyl (C=O) groups is 3. The lowest BCUT2D eigenvalue weighted by Crippen LogP contribution is -2.46. The van der Waals surface area contributed by atoms with Gasteiger partial charge in [-0.1, -0.05) is 115 Å². The molecule has 45 heavy (non-hydrogen) atoms. The normalized spacial score (nSPS) is 14.6. The molecule has 1 aromatic carbocycles. The van der Waals surface area contributed by atoms with E-state index < -0.39 is 17.9 Å². The number of nitriles is 2. The van der Waals surface area contributed by atoms with Crippen molar-refractivity contribution >= 4 is 29.5 Å². The molecular formula is C37H51N5O3. The standard InChI is InChI=1S/C37H51N5O3/c1-4-5-6-7-8-9-10-11-12-13-14-15-35(44)42-33(23-34(40)43)36(45)41-32-20-18-28(19-21-32)16-17-29-22-30(31(26-38)27-39)25-37(2,3)24-29/h16-22,33H,4-15,23-25H2,1-3H3,(H2,40,43)(H,41,45)(H,42,44)/b17-16+. The van der Waals surface area contributed by atoms with Crippen molar-refractivity contribution in [2.45, 2.75) is 123 Å². The number of carbonyl (C=O) groups excluding carboxylic acids is 3. The fraction of sp³-hybridized carbons (Fsp3) is 0.541. The van der Waals surface area contributed by atoms with Gasteiger partial charge in [-0.25, -0.2) is 0 Å². The zero-order valence-corrected chi connectivity index (χ0v) is 27.4. The van der Waals surface area contributed by atoms with Crippen LogP contribution in [0.5, 0.6) is 0 Å². The van der Waals surface area contributed by atoms with E-state index >= 15 is 0 Å². The number of unbranched alkanes of at least 4 members (excludes halogenated alkanes) is 10. The summed E-state index contributed by atoms with van der Waals surface area (Å²) in [6.07, 6.45) is 20.4. The van der Waals surface area contributed by atoms with E-state index in [9.17, 15) is 24.9 Å². The number of allylic oxidation sites excluding steroid dienone is 5. The van der Waals surface area contributed by atoms with Gasteiger partial charge in [0.15, 0.2) is 0 Å². The van der Waals surface area contributed by atoms with Crippen LogP contribution in [0, 0.1) is 28.1 Å². The first-order chi connectivity index (χ1) is 21.6. The lowest BCUT2D eigenvalue weighted by Gasteiger charge is -2.30. The second kappa shape index (κ2) is 20.0. The van der Waals surface area contributed by atoms with Gasteiger partial charge < -0.3 is 16.4 Å². The van der Waals surface area contributed by atoms with Gasteiger partial charge in [-0.15, -0.1) is 0 Å². The number of hydrogen-bond donors (Lipinski definition) is 3. The Morgan fingerprint density at radius 2 is 1.47 bits per heavy atom. The summed E-state index contributed by atoms with van der Waals surface area (Å²) in [5.74, 6) is -1.42. The van der Waals surface area contributed by atoms with E-state index in [2.05, 4.69) is 31.4 Å². The molecule has 0 fully saturated rings. The average molecular weight is 614 g/mol. The predicted molar refractivity (Wildman–Crippen MR) is 180 cm³/mol. The van der Waals surface area contributed by atoms with E-state index in [0.29, 0.717) is 18.5 Å². The Morgan fingerprint density at radius 1 is 0.889 bits per heavy atom. The third-order valence-electron chi connectivity index (χ3n) is 7.99. The molecule has 0 heterocycles. The molecule has 0 aliphatic heterocycles. The summed E-state index contributed by atoms with van der Waals surface area (Å²) in [7, 11) is 0. The Labute approximate surface area is 269 Å². The topological polar surface area (TPSA) is 149 Å². The van der Waals surface area contributed by atoms with Crippen molar-refractivity contribution in [3.05, 3.63) is 58.7 Å². The first-order valence-electron chi connectivity index (χ1n) is 16.5. The second-order valence-corrected chi connectivity index (χ2v) is 12.9. The summed E-state index contributed by atoms with van der Waals surface area (Å²) in [4.78, 5) is 37.1. The fourth-order valence-corrected chi connectivity index (χ4v) is 5.63. The van der Waals surface area contributed by atoms with Crippen molar-refractivity contribution < 1.29 is 14.4 Å². The number of amides is 3. The molecule has 0 spiro atoms. The van der Waals surface area contributed by atoms with Crippen LogP contribution in [0.15, 0.2) is 53.1 Å². The van der Waals surface area contributed by atoms with Crippen LogP contribution < -0.4 is 16.4 Å². The number of nitrogens with one attached hydrogen (secondary N) is 2. The molecule has 242 valence electrons. The Balaban J connectivity index is 1.85. The number of nitrogens with zero attached hydrogens (tertiary/aromatic N) is 2. The lowest BCUT2D eigenvalue weighted by atomic mass is 9.74. The lowest BCUT2D eigenvalue weighted by molar-refractivity contribution is -0.128. The van der Waals surface area contributed by atoms with Gasteiger partial charge in [0.1, 0.15) is 23.8 Å². The SMILES string of the molecule is CCCCCCCCCCCCCC(=O)NC(CC(N)=O)C(=O)Nc1ccc(/C=C/C2=CC(=C(C#N)C#N)CC(C)(C)C2)cc1. The first kappa shape index (κ1) is 37.0. The Bertz CT molecular complexity index is 1290. The fourth-order valence-electron chi connectivity index (χ4n) is 5.63. The monoisotopic (exact) mass is 613 g/mol. The van der Waals surface area contributed by atoms with Gasteiger partial charge in [0, 0.05) is 12.1 Å². The molecule has 4 N–H and O–H groups in total. The Hall–Kier alpha value is -4.17. The molecule has 1 aromatic rings. The molecule has 1 unspecified atom stereocenters. The summed E-state index contributed by atoms with van der Waals surface area (Å²) in [6, 6.07) is 10.1. The highest BCUT2D eigenvalue weighted by Gasteiger charge is 2.26. The summed E-state index contributed by atoms with van der Waals surface area (Å²) >= 11 is 0. The van der Waals surface area contributed by atoms with E-state index in [0.717, 1.165) is 42.4 Å².